The summed E-state index contributed by atoms with van der Waals surface area (Å²) < 4.78 is 14.0. The van der Waals surface area contributed by atoms with E-state index in [9.17, 15) is 28.8 Å². The lowest BCUT2D eigenvalue weighted by Gasteiger charge is -2.45. The molecule has 2 unspecified atom stereocenters. The first-order valence-corrected chi connectivity index (χ1v) is 34.1. The molecule has 0 saturated carbocycles. The van der Waals surface area contributed by atoms with Gasteiger partial charge in [-0.15, -0.1) is 0 Å². The lowest BCUT2D eigenvalue weighted by Crippen LogP contribution is -2.58. The Morgan fingerprint density at radius 2 is 0.989 bits per heavy atom. The van der Waals surface area contributed by atoms with Crippen molar-refractivity contribution >= 4 is 57.8 Å². The van der Waals surface area contributed by atoms with E-state index in [0.29, 0.717) is 89.9 Å². The van der Waals surface area contributed by atoms with Gasteiger partial charge in [0.05, 0.1) is 11.2 Å². The molecule has 0 bridgehead atoms. The number of nitrogens with zero attached hydrogens (tertiary/aromatic N) is 11. The fourth-order valence-corrected chi connectivity index (χ4v) is 16.1. The van der Waals surface area contributed by atoms with Gasteiger partial charge in [0.2, 0.25) is 0 Å². The third-order valence-electron chi connectivity index (χ3n) is 21.7. The van der Waals surface area contributed by atoms with Gasteiger partial charge in [0.25, 0.3) is 11.8 Å². The van der Waals surface area contributed by atoms with Crippen molar-refractivity contribution < 1.29 is 33.4 Å². The molecule has 24 heteroatoms. The number of benzene rings is 4. The molecular weight excluding hydrogens is 1190 g/mol. The molecule has 7 aliphatic heterocycles. The number of carbonyl (C=O) groups excluding carboxylic acids is 5. The van der Waals surface area contributed by atoms with Crippen LogP contribution in [-0.2, 0) is 37.4 Å². The Bertz CT molecular complexity index is 3870. The Balaban J connectivity index is 0.000000171. The van der Waals surface area contributed by atoms with E-state index in [-0.39, 0.29) is 42.4 Å². The fraction of sp³-hybridized carbons (Fsp3) is 0.543. The standard InChI is InChI=1S/C36H46N8O4.C34H44N8O4/c1-24-20-25(21-30-33(24)39-40-38-30)22-32(34(45)42-16-10-27(11-17-42)26-8-14-41(2)15-9-26)48-36(47)43-18-12-29(13-19-43)44-23-31(37-35(44)46)28-6-4-3-5-7-28;1-22-19-23(20-28-30(22)38-39-37-28)21-29(31(43)41-15-9-25(10-16-41)24-7-13-40(2)14-8-24)46-33(45)42-17-11-34(12-18-42)26-5-3-4-6-27(26)35-32(44)36-34/h3-7,20-21,23,26-27,29,32H,8-19,22H2,1-2H3,(H,37,46)(H,38,39,40);3-6,19-20,24-25,29H,7-18,21H2,1-2H3,(H2,35,36,44)(H,37,38,39). The van der Waals surface area contributed by atoms with E-state index in [4.69, 9.17) is 9.47 Å². The Hall–Kier alpha value is -8.64. The predicted octanol–water partition coefficient (Wildman–Crippen LogP) is 8.41. The predicted molar refractivity (Wildman–Crippen MR) is 356 cm³/mol. The van der Waals surface area contributed by atoms with Crippen LogP contribution in [0, 0.1) is 37.5 Å². The number of imidazole rings is 1. The number of aromatic nitrogens is 8. The van der Waals surface area contributed by atoms with E-state index in [1.807, 2.05) is 109 Å². The highest BCUT2D eigenvalue weighted by atomic mass is 16.6. The lowest BCUT2D eigenvalue weighted by atomic mass is 9.79. The molecule has 1 spiro atoms. The number of likely N-dealkylation sites (tertiary alicyclic amines) is 6. The highest BCUT2D eigenvalue weighted by molar-refractivity contribution is 5.94. The summed E-state index contributed by atoms with van der Waals surface area (Å²) in [7, 11) is 4.38. The van der Waals surface area contributed by atoms with Crippen molar-refractivity contribution in [3.63, 3.8) is 0 Å². The zero-order chi connectivity index (χ0) is 65.0. The summed E-state index contributed by atoms with van der Waals surface area (Å²) in [5, 5.41) is 28.3. The first-order valence-electron chi connectivity index (χ1n) is 34.1. The second-order valence-electron chi connectivity index (χ2n) is 27.6. The van der Waals surface area contributed by atoms with Crippen LogP contribution >= 0.6 is 0 Å². The summed E-state index contributed by atoms with van der Waals surface area (Å²) in [6.07, 6.45) is 10.7. The quantitative estimate of drug-likeness (QED) is 0.0769. The van der Waals surface area contributed by atoms with E-state index >= 15 is 0 Å². The Morgan fingerprint density at radius 3 is 1.49 bits per heavy atom. The van der Waals surface area contributed by atoms with Crippen molar-refractivity contribution in [1.82, 2.24) is 75.1 Å². The number of urea groups is 1. The van der Waals surface area contributed by atoms with Crippen molar-refractivity contribution in [2.45, 2.75) is 128 Å². The summed E-state index contributed by atoms with van der Waals surface area (Å²) >= 11 is 0. The number of ether oxygens (including phenoxy) is 2. The number of carbonyl (C=O) groups is 5. The Labute approximate surface area is 547 Å². The third kappa shape index (κ3) is 14.2. The largest absolute Gasteiger partial charge is 0.436 e. The molecule has 94 heavy (non-hydrogen) atoms. The second-order valence-corrected chi connectivity index (χ2v) is 27.6. The van der Waals surface area contributed by atoms with Crippen LogP contribution in [0.1, 0.15) is 111 Å². The van der Waals surface area contributed by atoms with Crippen molar-refractivity contribution in [3.8, 4) is 11.3 Å². The molecule has 7 aliphatic rings. The molecule has 4 aromatic carbocycles. The highest BCUT2D eigenvalue weighted by Gasteiger charge is 2.44. The summed E-state index contributed by atoms with van der Waals surface area (Å²) in [5.74, 6) is 2.44. The van der Waals surface area contributed by atoms with E-state index in [1.54, 1.807) is 14.4 Å². The van der Waals surface area contributed by atoms with Crippen LogP contribution in [0.2, 0.25) is 0 Å². The monoisotopic (exact) mass is 1280 g/mol. The van der Waals surface area contributed by atoms with Crippen LogP contribution in [0.5, 0.6) is 0 Å². The normalized spacial score (nSPS) is 20.5. The molecule has 24 nitrogen and oxygen atoms in total. The first-order chi connectivity index (χ1) is 45.6. The summed E-state index contributed by atoms with van der Waals surface area (Å²) in [4.78, 5) is 95.7. The maximum atomic E-state index is 14.1. The number of fused-ring (bicyclic) bond motifs is 4. The van der Waals surface area contributed by atoms with Crippen LogP contribution in [0.4, 0.5) is 20.1 Å². The number of para-hydroxylation sites is 1. The maximum Gasteiger partial charge on any atom is 0.410 e. The number of hydrogen-bond acceptors (Lipinski definition) is 14. The number of aromatic amines is 3. The SMILES string of the molecule is Cc1cc(CC(OC(=O)N2CCC(n3cc(-c4ccccc4)[nH]c3=O)CC2)C(=O)N2CCC(C3CCN(C)CC3)CC2)cc2n[nH]nc12.Cc1cc(CC(OC(=O)N2CCC3(CC2)NC(=O)Nc2ccccc23)C(=O)N2CCC(C3CCN(C)CC3)CC2)cc2n[nH]nc12. The van der Waals surface area contributed by atoms with Crippen LogP contribution in [0.15, 0.2) is 89.9 Å². The smallest absolute Gasteiger partial charge is 0.410 e. The minimum atomic E-state index is -0.952. The zero-order valence-corrected chi connectivity index (χ0v) is 54.7. The molecule has 14 rings (SSSR count). The van der Waals surface area contributed by atoms with E-state index in [1.165, 1.54) is 25.7 Å². The van der Waals surface area contributed by atoms with Crippen LogP contribution in [0.3, 0.4) is 0 Å². The van der Waals surface area contributed by atoms with E-state index in [0.717, 1.165) is 131 Å². The zero-order valence-electron chi connectivity index (χ0n) is 54.7. The molecule has 498 valence electrons. The highest BCUT2D eigenvalue weighted by Crippen LogP contribution is 2.41. The van der Waals surface area contributed by atoms with Gasteiger partial charge in [-0.1, -0.05) is 60.7 Å². The molecule has 5 N–H and O–H groups in total. The average molecular weight is 1280 g/mol. The minimum absolute atomic E-state index is 0.0317. The molecular formula is C70H90N16O8. The van der Waals surface area contributed by atoms with Gasteiger partial charge in [-0.3, -0.25) is 14.2 Å². The second kappa shape index (κ2) is 28.1. The van der Waals surface area contributed by atoms with E-state index < -0.39 is 29.9 Å². The van der Waals surface area contributed by atoms with Gasteiger partial charge in [-0.2, -0.15) is 30.8 Å². The maximum absolute atomic E-state index is 14.1. The topological polar surface area (TPSA) is 268 Å². The molecule has 0 aliphatic carbocycles. The number of aryl methyl sites for hydroxylation is 2. The molecule has 2 atom stereocenters. The van der Waals surface area contributed by atoms with Gasteiger partial charge in [-0.05, 0) is 201 Å². The van der Waals surface area contributed by atoms with Crippen LogP contribution < -0.4 is 16.3 Å². The van der Waals surface area contributed by atoms with Gasteiger partial charge in [0.1, 0.15) is 22.1 Å². The van der Waals surface area contributed by atoms with Gasteiger partial charge in [-0.25, -0.2) is 19.2 Å². The number of hydrogen-bond donors (Lipinski definition) is 5. The molecule has 6 saturated heterocycles. The van der Waals surface area contributed by atoms with E-state index in [2.05, 4.69) is 70.3 Å². The Kier molecular flexibility index (Phi) is 19.2. The van der Waals surface area contributed by atoms with Gasteiger partial charge < -0.3 is 54.5 Å². The van der Waals surface area contributed by atoms with Crippen LogP contribution in [-0.4, -0.2) is 205 Å². The lowest BCUT2D eigenvalue weighted by molar-refractivity contribution is -0.143. The fourth-order valence-electron chi connectivity index (χ4n) is 16.1. The van der Waals surface area contributed by atoms with Gasteiger partial charge in [0.15, 0.2) is 12.2 Å². The molecule has 3 aromatic heterocycles. The van der Waals surface area contributed by atoms with Gasteiger partial charge in [0, 0.05) is 88.7 Å². The first kappa shape index (κ1) is 64.1. The average Bonchev–Trinajstić information content (AvgIpc) is 1.04. The molecule has 10 heterocycles. The van der Waals surface area contributed by atoms with Gasteiger partial charge >= 0.3 is 23.9 Å². The van der Waals surface area contributed by atoms with Crippen LogP contribution in [0.25, 0.3) is 33.3 Å². The number of anilines is 1. The number of piperidine rings is 6. The number of nitrogens with one attached hydrogen (secondary N) is 5. The van der Waals surface area contributed by atoms with Crippen molar-refractivity contribution in [1.29, 1.82) is 0 Å². The third-order valence-corrected chi connectivity index (χ3v) is 21.7. The summed E-state index contributed by atoms with van der Waals surface area (Å²) in [5.41, 5.74) is 9.51. The molecule has 6 amide bonds. The number of H-pyrrole nitrogens is 3. The summed E-state index contributed by atoms with van der Waals surface area (Å²) in [6, 6.07) is 25.1. The molecule has 7 aromatic rings. The molecule has 6 fully saturated rings. The van der Waals surface area contributed by atoms with Crippen molar-refractivity contribution in [3.05, 3.63) is 123 Å². The number of amides is 6. The number of rotatable bonds is 12. The van der Waals surface area contributed by atoms with Crippen molar-refractivity contribution in [2.24, 2.45) is 23.7 Å². The van der Waals surface area contributed by atoms with Crippen molar-refractivity contribution in [2.75, 3.05) is 97.9 Å². The Morgan fingerprint density at radius 1 is 0.543 bits per heavy atom. The molecule has 0 radical (unpaired) electrons. The summed E-state index contributed by atoms with van der Waals surface area (Å²) in [6.45, 7) is 12.9. The minimum Gasteiger partial charge on any atom is -0.436 e.